The Kier molecular flexibility index (Phi) is 5.32. The molecule has 126 valence electrons. The van der Waals surface area contributed by atoms with E-state index in [0.29, 0.717) is 11.4 Å². The summed E-state index contributed by atoms with van der Waals surface area (Å²) < 4.78 is 10.3. The van der Waals surface area contributed by atoms with Crippen molar-refractivity contribution in [1.29, 1.82) is 0 Å². The minimum absolute atomic E-state index is 0.314. The molecule has 1 aromatic carbocycles. The highest BCUT2D eigenvalue weighted by molar-refractivity contribution is 6.30. The van der Waals surface area contributed by atoms with Crippen LogP contribution in [-0.2, 0) is 19.1 Å². The molecule has 0 unspecified atom stereocenters. The molecule has 0 amide bonds. The Balaban J connectivity index is 2.25. The second-order valence-electron chi connectivity index (χ2n) is 6.65. The van der Waals surface area contributed by atoms with E-state index >= 15 is 0 Å². The van der Waals surface area contributed by atoms with E-state index < -0.39 is 17.6 Å². The van der Waals surface area contributed by atoms with Gasteiger partial charge in [0.25, 0.3) is 0 Å². The van der Waals surface area contributed by atoms with Crippen molar-refractivity contribution in [3.05, 3.63) is 34.9 Å². The summed E-state index contributed by atoms with van der Waals surface area (Å²) in [6, 6.07) is 6.37. The lowest BCUT2D eigenvalue weighted by Crippen LogP contribution is -2.33. The third-order valence-electron chi connectivity index (χ3n) is 3.70. The maximum Gasteiger partial charge on any atom is 0.322 e. The first kappa shape index (κ1) is 17.8. The Morgan fingerprint density at radius 1 is 1.17 bits per heavy atom. The number of benzene rings is 1. The van der Waals surface area contributed by atoms with Crippen molar-refractivity contribution in [2.45, 2.75) is 44.9 Å². The molecule has 0 bridgehead atoms. The van der Waals surface area contributed by atoms with Gasteiger partial charge in [0.1, 0.15) is 11.6 Å². The van der Waals surface area contributed by atoms with Gasteiger partial charge >= 0.3 is 11.9 Å². The van der Waals surface area contributed by atoms with Crippen LogP contribution in [0.4, 0.5) is 0 Å². The van der Waals surface area contributed by atoms with Crippen LogP contribution in [0.2, 0.25) is 5.02 Å². The molecule has 1 saturated heterocycles. The van der Waals surface area contributed by atoms with Gasteiger partial charge in [-0.2, -0.15) is 0 Å². The average Bonchev–Trinajstić information content (AvgIpc) is 2.90. The molecule has 1 N–H and O–H groups in total. The first-order chi connectivity index (χ1) is 10.7. The van der Waals surface area contributed by atoms with E-state index in [2.05, 4.69) is 5.32 Å². The maximum absolute atomic E-state index is 12.5. The minimum atomic E-state index is -0.578. The van der Waals surface area contributed by atoms with Crippen LogP contribution in [0.5, 0.6) is 0 Å². The third kappa shape index (κ3) is 4.45. The van der Waals surface area contributed by atoms with E-state index in [1.54, 1.807) is 12.1 Å². The largest absolute Gasteiger partial charge is 0.468 e. The summed E-state index contributed by atoms with van der Waals surface area (Å²) in [6.07, 6.45) is 0.342. The molecule has 0 radical (unpaired) electrons. The number of carbonyl (C=O) groups excluding carboxylic acids is 2. The van der Waals surface area contributed by atoms with Gasteiger partial charge in [-0.05, 0) is 44.9 Å². The quantitative estimate of drug-likeness (QED) is 0.858. The summed E-state index contributed by atoms with van der Waals surface area (Å²) in [5.74, 6) is -1.16. The molecule has 5 nitrogen and oxygen atoms in total. The summed E-state index contributed by atoms with van der Waals surface area (Å²) >= 11 is 5.92. The molecule has 0 aliphatic carbocycles. The monoisotopic (exact) mass is 339 g/mol. The molecule has 6 heteroatoms. The molecule has 2 rings (SSSR count). The molecule has 3 atom stereocenters. The predicted molar refractivity (Wildman–Crippen MR) is 87.1 cm³/mol. The molecule has 1 fully saturated rings. The molecule has 1 aromatic rings. The average molecular weight is 340 g/mol. The first-order valence-electron chi connectivity index (χ1n) is 7.53. The van der Waals surface area contributed by atoms with Crippen LogP contribution in [0.15, 0.2) is 24.3 Å². The van der Waals surface area contributed by atoms with Crippen LogP contribution >= 0.6 is 11.6 Å². The number of ether oxygens (including phenoxy) is 2. The fourth-order valence-electron chi connectivity index (χ4n) is 2.71. The molecular weight excluding hydrogens is 318 g/mol. The van der Waals surface area contributed by atoms with Gasteiger partial charge in [0.15, 0.2) is 0 Å². The van der Waals surface area contributed by atoms with Crippen molar-refractivity contribution in [2.75, 3.05) is 7.11 Å². The van der Waals surface area contributed by atoms with Crippen molar-refractivity contribution in [2.24, 2.45) is 5.92 Å². The second kappa shape index (κ2) is 6.89. The molecule has 0 aromatic heterocycles. The van der Waals surface area contributed by atoms with Gasteiger partial charge in [0.05, 0.1) is 13.0 Å². The number of halogens is 1. The summed E-state index contributed by atoms with van der Waals surface area (Å²) in [5.41, 5.74) is 0.307. The molecular formula is C17H22ClNO4. The number of rotatable bonds is 3. The smallest absolute Gasteiger partial charge is 0.322 e. The van der Waals surface area contributed by atoms with Gasteiger partial charge in [-0.25, -0.2) is 0 Å². The highest BCUT2D eigenvalue weighted by Crippen LogP contribution is 2.35. The van der Waals surface area contributed by atoms with Gasteiger partial charge in [-0.1, -0.05) is 23.7 Å². The van der Waals surface area contributed by atoms with E-state index in [4.69, 9.17) is 21.1 Å². The Hall–Kier alpha value is -1.59. The Labute approximate surface area is 141 Å². The molecule has 0 spiro atoms. The highest BCUT2D eigenvalue weighted by Gasteiger charge is 2.44. The van der Waals surface area contributed by atoms with Crippen molar-refractivity contribution >= 4 is 23.5 Å². The molecule has 23 heavy (non-hydrogen) atoms. The van der Waals surface area contributed by atoms with Crippen LogP contribution in [0.25, 0.3) is 0 Å². The van der Waals surface area contributed by atoms with Crippen LogP contribution in [0, 0.1) is 5.92 Å². The zero-order chi connectivity index (χ0) is 17.2. The van der Waals surface area contributed by atoms with Crippen molar-refractivity contribution in [1.82, 2.24) is 5.32 Å². The van der Waals surface area contributed by atoms with E-state index in [0.717, 1.165) is 5.56 Å². The fourth-order valence-corrected chi connectivity index (χ4v) is 2.83. The van der Waals surface area contributed by atoms with Gasteiger partial charge in [0.2, 0.25) is 0 Å². The van der Waals surface area contributed by atoms with Gasteiger partial charge in [0, 0.05) is 11.1 Å². The van der Waals surface area contributed by atoms with Crippen LogP contribution in [0.3, 0.4) is 0 Å². The Morgan fingerprint density at radius 2 is 1.78 bits per heavy atom. The normalized spacial score (nSPS) is 24.3. The third-order valence-corrected chi connectivity index (χ3v) is 3.95. The molecule has 1 aliphatic heterocycles. The molecule has 1 heterocycles. The predicted octanol–water partition coefficient (Wildman–Crippen LogP) is 2.87. The lowest BCUT2D eigenvalue weighted by molar-refractivity contribution is -0.160. The van der Waals surface area contributed by atoms with Gasteiger partial charge in [-0.15, -0.1) is 0 Å². The first-order valence-corrected chi connectivity index (χ1v) is 7.91. The number of esters is 2. The van der Waals surface area contributed by atoms with Gasteiger partial charge < -0.3 is 9.47 Å². The number of hydrogen-bond acceptors (Lipinski definition) is 5. The van der Waals surface area contributed by atoms with E-state index in [-0.39, 0.29) is 18.0 Å². The highest BCUT2D eigenvalue weighted by atomic mass is 35.5. The lowest BCUT2D eigenvalue weighted by Gasteiger charge is -2.25. The van der Waals surface area contributed by atoms with Gasteiger partial charge in [-0.3, -0.25) is 14.9 Å². The van der Waals surface area contributed by atoms with E-state index in [9.17, 15) is 9.59 Å². The summed E-state index contributed by atoms with van der Waals surface area (Å²) in [6.45, 7) is 5.47. The van der Waals surface area contributed by atoms with Crippen molar-refractivity contribution in [3.8, 4) is 0 Å². The topological polar surface area (TPSA) is 64.6 Å². The Bertz CT molecular complexity index is 579. The number of hydrogen-bond donors (Lipinski definition) is 1. The maximum atomic E-state index is 12.5. The lowest BCUT2D eigenvalue weighted by atomic mass is 9.93. The standard InChI is InChI=1S/C17H22ClNO4/c1-17(2,3)23-15(20)12-9-13(16(21)22-4)19-14(12)10-5-7-11(18)8-6-10/h5-8,12-14,19H,9H2,1-4H3/t12-,13-,14-/m0/s1. The van der Waals surface area contributed by atoms with E-state index in [1.165, 1.54) is 7.11 Å². The molecule has 1 aliphatic rings. The fraction of sp³-hybridized carbons (Fsp3) is 0.529. The van der Waals surface area contributed by atoms with Crippen molar-refractivity contribution in [3.63, 3.8) is 0 Å². The van der Waals surface area contributed by atoms with Crippen LogP contribution in [-0.4, -0.2) is 30.7 Å². The number of methoxy groups -OCH3 is 1. The van der Waals surface area contributed by atoms with Crippen LogP contribution < -0.4 is 5.32 Å². The van der Waals surface area contributed by atoms with E-state index in [1.807, 2.05) is 32.9 Å². The number of carbonyl (C=O) groups is 2. The van der Waals surface area contributed by atoms with Crippen molar-refractivity contribution < 1.29 is 19.1 Å². The Morgan fingerprint density at radius 3 is 2.30 bits per heavy atom. The summed E-state index contributed by atoms with van der Waals surface area (Å²) in [5, 5.41) is 3.79. The summed E-state index contributed by atoms with van der Waals surface area (Å²) in [7, 11) is 1.34. The minimum Gasteiger partial charge on any atom is -0.468 e. The van der Waals surface area contributed by atoms with Crippen LogP contribution in [0.1, 0.15) is 38.8 Å². The second-order valence-corrected chi connectivity index (χ2v) is 7.08. The zero-order valence-corrected chi connectivity index (χ0v) is 14.5. The SMILES string of the molecule is COC(=O)[C@@H]1C[C@H](C(=O)OC(C)(C)C)[C@H](c2ccc(Cl)cc2)N1. The number of nitrogens with one attached hydrogen (secondary N) is 1. The zero-order valence-electron chi connectivity index (χ0n) is 13.8. The molecule has 0 saturated carbocycles. The summed E-state index contributed by atoms with van der Waals surface area (Å²) in [4.78, 5) is 24.4.